The Labute approximate surface area is 104 Å². The topological polar surface area (TPSA) is 63.0 Å². The average Bonchev–Trinajstić information content (AvgIpc) is 2.56. The number of hydrogen-bond donors (Lipinski definition) is 3. The third-order valence-electron chi connectivity index (χ3n) is 1.64. The SMILES string of the molecule is NC(=S)NNc1nc2cc(Br)ccc2s1. The van der Waals surface area contributed by atoms with Gasteiger partial charge in [-0.3, -0.25) is 10.9 Å². The number of nitrogens with one attached hydrogen (secondary N) is 2. The Hall–Kier alpha value is -0.920. The molecule has 0 amide bonds. The summed E-state index contributed by atoms with van der Waals surface area (Å²) in [4.78, 5) is 4.35. The van der Waals surface area contributed by atoms with Gasteiger partial charge in [0.2, 0.25) is 5.13 Å². The largest absolute Gasteiger partial charge is 0.375 e. The van der Waals surface area contributed by atoms with Crippen LogP contribution in [0.15, 0.2) is 22.7 Å². The van der Waals surface area contributed by atoms with Crippen molar-refractivity contribution in [3.8, 4) is 0 Å². The summed E-state index contributed by atoms with van der Waals surface area (Å²) < 4.78 is 2.11. The molecule has 4 N–H and O–H groups in total. The summed E-state index contributed by atoms with van der Waals surface area (Å²) in [6.07, 6.45) is 0. The van der Waals surface area contributed by atoms with Crippen molar-refractivity contribution in [2.45, 2.75) is 0 Å². The molecule has 0 radical (unpaired) electrons. The van der Waals surface area contributed by atoms with Gasteiger partial charge in [-0.2, -0.15) is 0 Å². The molecule has 2 aromatic rings. The predicted octanol–water partition coefficient (Wildman–Crippen LogP) is 2.22. The Balaban J connectivity index is 2.27. The fraction of sp³-hybridized carbons (Fsp3) is 0. The van der Waals surface area contributed by atoms with Gasteiger partial charge < -0.3 is 5.73 Å². The summed E-state index contributed by atoms with van der Waals surface area (Å²) in [7, 11) is 0. The second kappa shape index (κ2) is 4.30. The van der Waals surface area contributed by atoms with E-state index >= 15 is 0 Å². The monoisotopic (exact) mass is 302 g/mol. The van der Waals surface area contributed by atoms with Gasteiger partial charge in [0.15, 0.2) is 5.11 Å². The van der Waals surface area contributed by atoms with Crippen LogP contribution in [0.4, 0.5) is 5.13 Å². The van der Waals surface area contributed by atoms with Gasteiger partial charge in [-0.15, -0.1) is 0 Å². The molecule has 0 bridgehead atoms. The first kappa shape index (κ1) is 10.6. The molecule has 0 aliphatic carbocycles. The van der Waals surface area contributed by atoms with Crippen LogP contribution in [0.2, 0.25) is 0 Å². The maximum atomic E-state index is 5.29. The van der Waals surface area contributed by atoms with Crippen molar-refractivity contribution in [2.24, 2.45) is 5.73 Å². The number of thiocarbonyl (C=S) groups is 1. The van der Waals surface area contributed by atoms with Crippen LogP contribution in [0, 0.1) is 0 Å². The minimum Gasteiger partial charge on any atom is -0.375 e. The van der Waals surface area contributed by atoms with Crippen molar-refractivity contribution in [3.05, 3.63) is 22.7 Å². The van der Waals surface area contributed by atoms with Crippen LogP contribution in [-0.4, -0.2) is 10.1 Å². The molecule has 1 aromatic carbocycles. The zero-order chi connectivity index (χ0) is 10.8. The number of rotatable bonds is 2. The van der Waals surface area contributed by atoms with E-state index in [1.165, 1.54) is 11.3 Å². The molecule has 1 heterocycles. The molecule has 0 saturated carbocycles. The standard InChI is InChI=1S/C8H7BrN4S2/c9-4-1-2-6-5(3-4)11-8(15-6)13-12-7(10)14/h1-3H,(H,11,13)(H3,10,12,14). The quantitative estimate of drug-likeness (QED) is 0.586. The van der Waals surface area contributed by atoms with Crippen molar-refractivity contribution in [1.82, 2.24) is 10.4 Å². The van der Waals surface area contributed by atoms with Gasteiger partial charge in [0.05, 0.1) is 10.2 Å². The van der Waals surface area contributed by atoms with Crippen LogP contribution in [0.5, 0.6) is 0 Å². The van der Waals surface area contributed by atoms with Crippen LogP contribution in [-0.2, 0) is 0 Å². The van der Waals surface area contributed by atoms with Crippen LogP contribution >= 0.6 is 39.5 Å². The van der Waals surface area contributed by atoms with Crippen LogP contribution in [0.1, 0.15) is 0 Å². The Morgan fingerprint density at radius 3 is 3.07 bits per heavy atom. The first-order valence-corrected chi connectivity index (χ1v) is 6.04. The van der Waals surface area contributed by atoms with Gasteiger partial charge in [-0.05, 0) is 30.4 Å². The van der Waals surface area contributed by atoms with Crippen molar-refractivity contribution in [1.29, 1.82) is 0 Å². The molecule has 15 heavy (non-hydrogen) atoms. The minimum absolute atomic E-state index is 0.190. The van der Waals surface area contributed by atoms with Crippen LogP contribution < -0.4 is 16.6 Å². The van der Waals surface area contributed by atoms with E-state index in [-0.39, 0.29) is 5.11 Å². The summed E-state index contributed by atoms with van der Waals surface area (Å²) in [6, 6.07) is 5.94. The Morgan fingerprint density at radius 1 is 1.53 bits per heavy atom. The predicted molar refractivity (Wildman–Crippen MR) is 70.9 cm³/mol. The van der Waals surface area contributed by atoms with E-state index < -0.39 is 0 Å². The number of fused-ring (bicyclic) bond motifs is 1. The number of halogens is 1. The number of benzene rings is 1. The van der Waals surface area contributed by atoms with Gasteiger partial charge in [0, 0.05) is 4.47 Å². The number of thiazole rings is 1. The lowest BCUT2D eigenvalue weighted by Crippen LogP contribution is -2.33. The van der Waals surface area contributed by atoms with Crippen LogP contribution in [0.25, 0.3) is 10.2 Å². The van der Waals surface area contributed by atoms with Crippen molar-refractivity contribution in [3.63, 3.8) is 0 Å². The molecule has 0 aliphatic heterocycles. The highest BCUT2D eigenvalue weighted by Crippen LogP contribution is 2.27. The summed E-state index contributed by atoms with van der Waals surface area (Å²) in [6.45, 7) is 0. The van der Waals surface area contributed by atoms with Crippen molar-refractivity contribution >= 4 is 59.9 Å². The molecule has 7 heteroatoms. The maximum Gasteiger partial charge on any atom is 0.202 e. The molecule has 0 unspecified atom stereocenters. The normalized spacial score (nSPS) is 10.2. The third kappa shape index (κ3) is 2.55. The van der Waals surface area contributed by atoms with Crippen molar-refractivity contribution in [2.75, 3.05) is 5.43 Å². The molecule has 0 spiro atoms. The van der Waals surface area contributed by atoms with Gasteiger partial charge in [0.25, 0.3) is 0 Å². The smallest absolute Gasteiger partial charge is 0.202 e. The van der Waals surface area contributed by atoms with E-state index in [0.29, 0.717) is 0 Å². The molecular weight excluding hydrogens is 296 g/mol. The summed E-state index contributed by atoms with van der Waals surface area (Å²) in [5.41, 5.74) is 11.7. The number of nitrogens with zero attached hydrogens (tertiary/aromatic N) is 1. The van der Waals surface area contributed by atoms with Crippen LogP contribution in [0.3, 0.4) is 0 Å². The lowest BCUT2D eigenvalue weighted by Gasteiger charge is -2.01. The van der Waals surface area contributed by atoms with Gasteiger partial charge in [-0.1, -0.05) is 27.3 Å². The highest BCUT2D eigenvalue weighted by molar-refractivity contribution is 9.10. The van der Waals surface area contributed by atoms with Gasteiger partial charge in [-0.25, -0.2) is 4.98 Å². The molecule has 0 atom stereocenters. The lowest BCUT2D eigenvalue weighted by atomic mass is 10.3. The second-order valence-corrected chi connectivity index (χ2v) is 5.13. The summed E-state index contributed by atoms with van der Waals surface area (Å²) >= 11 is 9.59. The number of nitrogens with two attached hydrogens (primary N) is 1. The van der Waals surface area contributed by atoms with Crippen molar-refractivity contribution < 1.29 is 0 Å². The fourth-order valence-corrected chi connectivity index (χ4v) is 2.27. The number of hydrazine groups is 1. The molecule has 78 valence electrons. The van der Waals surface area contributed by atoms with E-state index in [1.54, 1.807) is 0 Å². The third-order valence-corrected chi connectivity index (χ3v) is 3.19. The van der Waals surface area contributed by atoms with E-state index in [4.69, 9.17) is 5.73 Å². The summed E-state index contributed by atoms with van der Waals surface area (Å²) in [5.74, 6) is 0. The molecule has 2 rings (SSSR count). The summed E-state index contributed by atoms with van der Waals surface area (Å²) in [5, 5.41) is 0.923. The molecule has 0 saturated heterocycles. The molecule has 4 nitrogen and oxygen atoms in total. The molecule has 0 aliphatic rings. The molecule has 0 fully saturated rings. The molecular formula is C8H7BrN4S2. The van der Waals surface area contributed by atoms with E-state index in [2.05, 4.69) is 44.0 Å². The first-order chi connectivity index (χ1) is 7.15. The highest BCUT2D eigenvalue weighted by atomic mass is 79.9. The van der Waals surface area contributed by atoms with Gasteiger partial charge in [0.1, 0.15) is 0 Å². The Morgan fingerprint density at radius 2 is 2.33 bits per heavy atom. The zero-order valence-corrected chi connectivity index (χ0v) is 10.7. The Bertz CT molecular complexity index is 510. The number of anilines is 1. The zero-order valence-electron chi connectivity index (χ0n) is 7.45. The second-order valence-electron chi connectivity index (χ2n) is 2.75. The van der Waals surface area contributed by atoms with E-state index in [0.717, 1.165) is 19.8 Å². The number of aromatic nitrogens is 1. The Kier molecular flexibility index (Phi) is 3.03. The molecule has 1 aromatic heterocycles. The lowest BCUT2D eigenvalue weighted by molar-refractivity contribution is 1.12. The fourth-order valence-electron chi connectivity index (χ4n) is 1.07. The van der Waals surface area contributed by atoms with Gasteiger partial charge >= 0.3 is 0 Å². The highest BCUT2D eigenvalue weighted by Gasteiger charge is 2.03. The van der Waals surface area contributed by atoms with E-state index in [9.17, 15) is 0 Å². The minimum atomic E-state index is 0.190. The van der Waals surface area contributed by atoms with E-state index in [1.807, 2.05) is 18.2 Å². The average molecular weight is 303 g/mol. The maximum absolute atomic E-state index is 5.29. The first-order valence-electron chi connectivity index (χ1n) is 4.03. The number of hydrogen-bond acceptors (Lipinski definition) is 4.